The second-order valence-electron chi connectivity index (χ2n) is 9.78. The average Bonchev–Trinajstić information content (AvgIpc) is 3.55. The smallest absolute Gasteiger partial charge is 0.225 e. The number of rotatable bonds is 5. The Bertz CT molecular complexity index is 1480. The van der Waals surface area contributed by atoms with Crippen LogP contribution in [0.1, 0.15) is 18.1 Å². The summed E-state index contributed by atoms with van der Waals surface area (Å²) in [5.74, 6) is 1.74. The van der Waals surface area contributed by atoms with Crippen LogP contribution >= 0.6 is 0 Å². The molecule has 4 aromatic heterocycles. The molecule has 0 bridgehead atoms. The molecule has 1 aromatic carbocycles. The van der Waals surface area contributed by atoms with Crippen molar-refractivity contribution in [2.75, 3.05) is 36.0 Å². The molecule has 5 aromatic rings. The minimum Gasteiger partial charge on any atom is -0.351 e. The van der Waals surface area contributed by atoms with Crippen LogP contribution < -0.4 is 9.80 Å². The van der Waals surface area contributed by atoms with Gasteiger partial charge in [0, 0.05) is 84.4 Å². The fourth-order valence-electron chi connectivity index (χ4n) is 4.84. The maximum atomic E-state index is 4.76. The second-order valence-corrected chi connectivity index (χ2v) is 11.8. The van der Waals surface area contributed by atoms with E-state index in [4.69, 9.17) is 9.97 Å². The molecule has 0 aliphatic carbocycles. The van der Waals surface area contributed by atoms with Crippen molar-refractivity contribution in [3.8, 4) is 11.1 Å². The molecule has 0 saturated carbocycles. The van der Waals surface area contributed by atoms with Gasteiger partial charge in [0.1, 0.15) is 11.8 Å². The molecule has 1 saturated heterocycles. The van der Waals surface area contributed by atoms with E-state index < -0.39 is 0 Å². The normalized spacial score (nSPS) is 15.9. The van der Waals surface area contributed by atoms with Gasteiger partial charge in [0.15, 0.2) is 5.82 Å². The number of fused-ring (bicyclic) bond motifs is 1. The summed E-state index contributed by atoms with van der Waals surface area (Å²) in [7, 11) is 2.91. The molecule has 182 valence electrons. The second kappa shape index (κ2) is 8.87. The molecule has 0 radical (unpaired) electrons. The molecular weight excluding hydrogens is 466 g/mol. The van der Waals surface area contributed by atoms with E-state index in [1.807, 2.05) is 47.2 Å². The van der Waals surface area contributed by atoms with Crippen molar-refractivity contribution >= 4 is 27.5 Å². The van der Waals surface area contributed by atoms with Crippen LogP contribution in [-0.4, -0.2) is 70.8 Å². The average molecular weight is 496 g/mol. The van der Waals surface area contributed by atoms with E-state index in [1.54, 1.807) is 6.33 Å². The largest absolute Gasteiger partial charge is 0.351 e. The van der Waals surface area contributed by atoms with Crippen molar-refractivity contribution in [3.63, 3.8) is 0 Å². The summed E-state index contributed by atoms with van der Waals surface area (Å²) in [6.45, 7) is 5.63. The van der Waals surface area contributed by atoms with Crippen molar-refractivity contribution in [3.05, 3.63) is 84.8 Å². The number of benzene rings is 1. The Morgan fingerprint density at radius 1 is 0.806 bits per heavy atom. The van der Waals surface area contributed by atoms with Crippen LogP contribution in [0.25, 0.3) is 16.6 Å². The van der Waals surface area contributed by atoms with Crippen molar-refractivity contribution < 1.29 is 0 Å². The molecule has 0 spiro atoms. The van der Waals surface area contributed by atoms with Crippen LogP contribution in [0.2, 0.25) is 0 Å². The SMILES string of the molecule is Cn1cc(-c2cc3c(N4CCN(c5ncc([C@@](C)([SiH3])c6ccccc6)cn5)CC4)ncnn3c2)cn1. The molecular formula is C26H29N9Si. The van der Waals surface area contributed by atoms with Gasteiger partial charge < -0.3 is 9.80 Å². The predicted molar refractivity (Wildman–Crippen MR) is 144 cm³/mol. The van der Waals surface area contributed by atoms with Gasteiger partial charge >= 0.3 is 0 Å². The van der Waals surface area contributed by atoms with Crippen LogP contribution in [0.15, 0.2) is 73.7 Å². The van der Waals surface area contributed by atoms with Gasteiger partial charge in [0.05, 0.1) is 6.20 Å². The molecule has 1 aliphatic heterocycles. The number of aryl methyl sites for hydroxylation is 1. The minimum atomic E-state index is -0.0112. The lowest BCUT2D eigenvalue weighted by atomic mass is 9.94. The highest BCUT2D eigenvalue weighted by molar-refractivity contribution is 6.17. The number of piperazine rings is 1. The third-order valence-electron chi connectivity index (χ3n) is 7.14. The number of hydrogen-bond donors (Lipinski definition) is 0. The molecule has 0 N–H and O–H groups in total. The molecule has 0 unspecified atom stereocenters. The number of nitrogens with zero attached hydrogens (tertiary/aromatic N) is 9. The standard InChI is InChI=1S/C26H29N9Si/c1-26(36,21-6-4-3-5-7-21)22-14-27-25(28-15-22)34-10-8-33(9-11-34)24-23-12-19(17-35(23)31-18-29-24)20-13-30-32(2)16-20/h3-7,12-18H,8-11H2,1-2,36H3/t26-/m0/s1. The molecule has 9 nitrogen and oxygen atoms in total. The summed E-state index contributed by atoms with van der Waals surface area (Å²) in [6, 6.07) is 12.8. The van der Waals surface area contributed by atoms with Gasteiger partial charge in [-0.3, -0.25) is 4.68 Å². The number of anilines is 2. The van der Waals surface area contributed by atoms with E-state index in [2.05, 4.69) is 68.3 Å². The van der Waals surface area contributed by atoms with E-state index >= 15 is 0 Å². The van der Waals surface area contributed by atoms with Crippen LogP contribution in [0.4, 0.5) is 11.8 Å². The lowest BCUT2D eigenvalue weighted by Gasteiger charge is -2.35. The van der Waals surface area contributed by atoms with Gasteiger partial charge in [-0.15, -0.1) is 0 Å². The first-order valence-corrected chi connectivity index (χ1v) is 13.2. The highest BCUT2D eigenvalue weighted by Crippen LogP contribution is 2.29. The summed E-state index contributed by atoms with van der Waals surface area (Å²) < 4.78 is 3.71. The Morgan fingerprint density at radius 3 is 2.22 bits per heavy atom. The molecule has 6 rings (SSSR count). The van der Waals surface area contributed by atoms with Gasteiger partial charge in [-0.1, -0.05) is 37.3 Å². The molecule has 1 fully saturated rings. The van der Waals surface area contributed by atoms with E-state index in [0.29, 0.717) is 0 Å². The first-order valence-electron chi connectivity index (χ1n) is 12.2. The van der Waals surface area contributed by atoms with E-state index in [1.165, 1.54) is 11.1 Å². The highest BCUT2D eigenvalue weighted by Gasteiger charge is 2.26. The summed E-state index contributed by atoms with van der Waals surface area (Å²) in [5.41, 5.74) is 5.63. The fourth-order valence-corrected chi connectivity index (χ4v) is 5.43. The first kappa shape index (κ1) is 22.4. The maximum absolute atomic E-state index is 4.76. The number of aromatic nitrogens is 7. The fraction of sp³-hybridized carbons (Fsp3) is 0.269. The van der Waals surface area contributed by atoms with Gasteiger partial charge in [-0.2, -0.15) is 10.2 Å². The van der Waals surface area contributed by atoms with Crippen LogP contribution in [0, 0.1) is 0 Å². The Labute approximate surface area is 212 Å². The van der Waals surface area contributed by atoms with Crippen LogP contribution in [0.5, 0.6) is 0 Å². The first-order chi connectivity index (χ1) is 17.5. The van der Waals surface area contributed by atoms with E-state index in [-0.39, 0.29) is 5.04 Å². The Balaban J connectivity index is 1.17. The van der Waals surface area contributed by atoms with Gasteiger partial charge in [0.2, 0.25) is 5.95 Å². The summed E-state index contributed by atoms with van der Waals surface area (Å²) in [6.07, 6.45) is 11.5. The predicted octanol–water partition coefficient (Wildman–Crippen LogP) is 1.88. The van der Waals surface area contributed by atoms with E-state index in [0.717, 1.165) is 64.8 Å². The van der Waals surface area contributed by atoms with Crippen LogP contribution in [-0.2, 0) is 12.1 Å². The Morgan fingerprint density at radius 2 is 1.53 bits per heavy atom. The highest BCUT2D eigenvalue weighted by atomic mass is 28.1. The topological polar surface area (TPSA) is 80.3 Å². The molecule has 36 heavy (non-hydrogen) atoms. The molecule has 1 atom stereocenters. The van der Waals surface area contributed by atoms with Crippen molar-refractivity contribution in [2.45, 2.75) is 12.0 Å². The summed E-state index contributed by atoms with van der Waals surface area (Å²) in [4.78, 5) is 18.7. The summed E-state index contributed by atoms with van der Waals surface area (Å²) in [5, 5.41) is 8.71. The van der Waals surface area contributed by atoms with Crippen molar-refractivity contribution in [1.82, 2.24) is 34.3 Å². The van der Waals surface area contributed by atoms with Crippen LogP contribution in [0.3, 0.4) is 0 Å². The zero-order valence-electron chi connectivity index (χ0n) is 20.8. The van der Waals surface area contributed by atoms with E-state index in [9.17, 15) is 0 Å². The maximum Gasteiger partial charge on any atom is 0.225 e. The van der Waals surface area contributed by atoms with Gasteiger partial charge in [-0.25, -0.2) is 19.5 Å². The third kappa shape index (κ3) is 4.03. The Hall–Kier alpha value is -4.05. The minimum absolute atomic E-state index is 0.0112. The van der Waals surface area contributed by atoms with Gasteiger partial charge in [-0.05, 0) is 17.2 Å². The monoisotopic (exact) mass is 495 g/mol. The lowest BCUT2D eigenvalue weighted by Crippen LogP contribution is -2.47. The molecule has 10 heteroatoms. The van der Waals surface area contributed by atoms with Crippen molar-refractivity contribution in [1.29, 1.82) is 0 Å². The lowest BCUT2D eigenvalue weighted by molar-refractivity contribution is 0.632. The molecule has 1 aliphatic rings. The quantitative estimate of drug-likeness (QED) is 0.345. The number of hydrogen-bond acceptors (Lipinski definition) is 7. The van der Waals surface area contributed by atoms with Gasteiger partial charge in [0.25, 0.3) is 0 Å². The summed E-state index contributed by atoms with van der Waals surface area (Å²) >= 11 is 0. The molecule has 0 amide bonds. The zero-order chi connectivity index (χ0) is 24.7. The Kier molecular flexibility index (Phi) is 5.52. The molecule has 5 heterocycles. The third-order valence-corrected chi connectivity index (χ3v) is 8.30. The zero-order valence-corrected chi connectivity index (χ0v) is 22.8. The van der Waals surface area contributed by atoms with Crippen molar-refractivity contribution in [2.24, 2.45) is 7.05 Å².